The number of hydrogen-bond acceptors (Lipinski definition) is 4. The fourth-order valence-electron chi connectivity index (χ4n) is 3.68. The summed E-state index contributed by atoms with van der Waals surface area (Å²) in [6, 6.07) is 9.42. The van der Waals surface area contributed by atoms with Crippen molar-refractivity contribution in [2.24, 2.45) is 0 Å². The predicted molar refractivity (Wildman–Crippen MR) is 133 cm³/mol. The van der Waals surface area contributed by atoms with Crippen LogP contribution >= 0.6 is 0 Å². The lowest BCUT2D eigenvalue weighted by Gasteiger charge is -2.39. The summed E-state index contributed by atoms with van der Waals surface area (Å²) in [7, 11) is -4.07. The van der Waals surface area contributed by atoms with E-state index in [0.29, 0.717) is 13.0 Å². The van der Waals surface area contributed by atoms with E-state index in [1.165, 1.54) is 82.0 Å². The van der Waals surface area contributed by atoms with Gasteiger partial charge in [0, 0.05) is 18.0 Å². The summed E-state index contributed by atoms with van der Waals surface area (Å²) in [5, 5.41) is 3.01. The lowest BCUT2D eigenvalue weighted by Crippen LogP contribution is -2.50. The Bertz CT molecular complexity index is 583. The molecule has 0 radical (unpaired) electrons. The van der Waals surface area contributed by atoms with Gasteiger partial charge in [0.25, 0.3) is 0 Å². The number of nitrogens with zero attached hydrogens (tertiary/aromatic N) is 1. The van der Waals surface area contributed by atoms with Gasteiger partial charge in [-0.2, -0.15) is 0 Å². The van der Waals surface area contributed by atoms with Gasteiger partial charge in [0.05, 0.1) is 36.3 Å². The first-order valence-electron chi connectivity index (χ1n) is 12.4. The van der Waals surface area contributed by atoms with Crippen LogP contribution in [0.15, 0.2) is 30.3 Å². The predicted octanol–water partition coefficient (Wildman–Crippen LogP) is 6.04. The molecule has 0 spiro atoms. The summed E-state index contributed by atoms with van der Waals surface area (Å²) in [4.78, 5) is 0. The molecule has 6 heteroatoms. The van der Waals surface area contributed by atoms with Crippen molar-refractivity contribution < 1.29 is 17.5 Å². The highest BCUT2D eigenvalue weighted by molar-refractivity contribution is 7.85. The number of rotatable bonds is 17. The van der Waals surface area contributed by atoms with Crippen LogP contribution in [0.4, 0.5) is 5.69 Å². The first kappa shape index (κ1) is 29.9. The molecule has 0 aliphatic heterocycles. The van der Waals surface area contributed by atoms with E-state index in [1.807, 2.05) is 30.3 Å². The van der Waals surface area contributed by atoms with Crippen LogP contribution in [0.5, 0.6) is 0 Å². The molecular weight excluding hydrogens is 408 g/mol. The molecule has 0 aliphatic carbocycles. The van der Waals surface area contributed by atoms with Crippen LogP contribution in [0.25, 0.3) is 0 Å². The summed E-state index contributed by atoms with van der Waals surface area (Å²) in [6.45, 7) is 15.5. The summed E-state index contributed by atoms with van der Waals surface area (Å²) >= 11 is 0. The molecule has 31 heavy (non-hydrogen) atoms. The number of unbranched alkanes of at least 4 members (excludes halogenated alkanes) is 4. The lowest BCUT2D eigenvalue weighted by molar-refractivity contribution is -0.929. The SMILES string of the molecule is CCCC[N+](CCCC)(CCCC)CCCC.O=S(=O)([O-])CCCNc1ccccc1. The number of para-hydroxylation sites is 1. The summed E-state index contributed by atoms with van der Waals surface area (Å²) in [6.07, 6.45) is 11.4. The normalized spacial score (nSPS) is 11.6. The van der Waals surface area contributed by atoms with Crippen molar-refractivity contribution >= 4 is 15.8 Å². The van der Waals surface area contributed by atoms with Gasteiger partial charge in [-0.25, -0.2) is 8.42 Å². The number of hydrogen-bond donors (Lipinski definition) is 1. The Balaban J connectivity index is 0.000000590. The van der Waals surface area contributed by atoms with Gasteiger partial charge in [-0.3, -0.25) is 0 Å². The van der Waals surface area contributed by atoms with Gasteiger partial charge >= 0.3 is 0 Å². The lowest BCUT2D eigenvalue weighted by atomic mass is 10.1. The Labute approximate surface area is 193 Å². The van der Waals surface area contributed by atoms with Crippen LogP contribution in [0.1, 0.15) is 85.5 Å². The van der Waals surface area contributed by atoms with E-state index in [4.69, 9.17) is 0 Å². The largest absolute Gasteiger partial charge is 0.748 e. The number of quaternary nitrogens is 1. The molecule has 182 valence electrons. The van der Waals surface area contributed by atoms with Crippen molar-refractivity contribution in [3.05, 3.63) is 30.3 Å². The van der Waals surface area contributed by atoms with Crippen molar-refractivity contribution in [2.75, 3.05) is 43.8 Å². The number of anilines is 1. The second-order valence-electron chi connectivity index (χ2n) is 8.56. The molecule has 0 amide bonds. The zero-order valence-electron chi connectivity index (χ0n) is 20.6. The molecule has 0 aliphatic rings. The first-order chi connectivity index (χ1) is 14.8. The average Bonchev–Trinajstić information content (AvgIpc) is 2.76. The fraction of sp³-hybridized carbons (Fsp3) is 0.760. The monoisotopic (exact) mass is 456 g/mol. The van der Waals surface area contributed by atoms with E-state index in [1.54, 1.807) is 0 Å². The second kappa shape index (κ2) is 18.5. The van der Waals surface area contributed by atoms with E-state index < -0.39 is 10.1 Å². The van der Waals surface area contributed by atoms with Gasteiger partial charge in [0.1, 0.15) is 0 Å². The van der Waals surface area contributed by atoms with Crippen LogP contribution < -0.4 is 5.32 Å². The minimum atomic E-state index is -4.07. The molecule has 0 atom stereocenters. The highest BCUT2D eigenvalue weighted by atomic mass is 32.2. The van der Waals surface area contributed by atoms with Crippen molar-refractivity contribution in [1.82, 2.24) is 0 Å². The van der Waals surface area contributed by atoms with Crippen molar-refractivity contribution in [1.29, 1.82) is 0 Å². The van der Waals surface area contributed by atoms with Crippen LogP contribution in [-0.4, -0.2) is 55.9 Å². The molecule has 0 unspecified atom stereocenters. The summed E-state index contributed by atoms with van der Waals surface area (Å²) in [5.74, 6) is -0.313. The molecule has 5 nitrogen and oxygen atoms in total. The van der Waals surface area contributed by atoms with E-state index >= 15 is 0 Å². The molecule has 1 rings (SSSR count). The van der Waals surface area contributed by atoms with Crippen molar-refractivity contribution in [3.8, 4) is 0 Å². The molecule has 0 heterocycles. The van der Waals surface area contributed by atoms with E-state index in [2.05, 4.69) is 33.0 Å². The molecule has 1 aromatic carbocycles. The standard InChI is InChI=1S/C16H36N.C9H13NO3S/c1-5-9-13-17(14-10-6-2,15-11-7-3)16-12-8-4;11-14(12,13)8-4-7-10-9-5-2-1-3-6-9/h5-16H2,1-4H3;1-3,5-6,10H,4,7-8H2,(H,11,12,13)/q+1;/p-1. The minimum absolute atomic E-state index is 0.313. The van der Waals surface area contributed by atoms with Crippen LogP contribution in [0, 0.1) is 0 Å². The molecule has 1 aromatic rings. The summed E-state index contributed by atoms with van der Waals surface area (Å²) in [5.41, 5.74) is 0.927. The third kappa shape index (κ3) is 17.2. The Morgan fingerprint density at radius 1 is 0.742 bits per heavy atom. The molecule has 0 saturated heterocycles. The molecule has 0 fully saturated rings. The molecule has 0 saturated carbocycles. The number of benzene rings is 1. The maximum absolute atomic E-state index is 10.3. The van der Waals surface area contributed by atoms with E-state index in [-0.39, 0.29) is 5.75 Å². The summed E-state index contributed by atoms with van der Waals surface area (Å²) < 4.78 is 32.2. The maximum Gasteiger partial charge on any atom is 0.0946 e. The average molecular weight is 457 g/mol. The smallest absolute Gasteiger partial charge is 0.0946 e. The fourth-order valence-corrected chi connectivity index (χ4v) is 4.18. The van der Waals surface area contributed by atoms with Gasteiger partial charge in [-0.15, -0.1) is 0 Å². The third-order valence-corrected chi connectivity index (χ3v) is 6.41. The van der Waals surface area contributed by atoms with Gasteiger partial charge in [0.15, 0.2) is 0 Å². The molecule has 0 aromatic heterocycles. The quantitative estimate of drug-likeness (QED) is 0.176. The van der Waals surface area contributed by atoms with Crippen LogP contribution in [-0.2, 0) is 10.1 Å². The number of nitrogens with one attached hydrogen (secondary N) is 1. The Morgan fingerprint density at radius 2 is 1.16 bits per heavy atom. The van der Waals surface area contributed by atoms with Gasteiger partial charge in [-0.05, 0) is 44.2 Å². The van der Waals surface area contributed by atoms with Crippen LogP contribution in [0.2, 0.25) is 0 Å². The first-order valence-corrected chi connectivity index (χ1v) is 14.0. The Morgan fingerprint density at radius 3 is 1.52 bits per heavy atom. The van der Waals surface area contributed by atoms with Crippen molar-refractivity contribution in [2.45, 2.75) is 85.5 Å². The van der Waals surface area contributed by atoms with Gasteiger partial charge in [-0.1, -0.05) is 71.6 Å². The molecule has 0 bridgehead atoms. The minimum Gasteiger partial charge on any atom is -0.748 e. The highest BCUT2D eigenvalue weighted by Gasteiger charge is 2.24. The zero-order valence-corrected chi connectivity index (χ0v) is 21.4. The van der Waals surface area contributed by atoms with Crippen LogP contribution in [0.3, 0.4) is 0 Å². The van der Waals surface area contributed by atoms with E-state index in [9.17, 15) is 13.0 Å². The molecular formula is C25H48N2O3S. The molecule has 1 N–H and O–H groups in total. The second-order valence-corrected chi connectivity index (χ2v) is 10.1. The highest BCUT2D eigenvalue weighted by Crippen LogP contribution is 2.16. The van der Waals surface area contributed by atoms with Crippen molar-refractivity contribution in [3.63, 3.8) is 0 Å². The van der Waals surface area contributed by atoms with Gasteiger partial charge < -0.3 is 14.4 Å². The van der Waals surface area contributed by atoms with E-state index in [0.717, 1.165) is 5.69 Å². The Kier molecular flexibility index (Phi) is 17.8. The third-order valence-electron chi connectivity index (χ3n) is 5.62. The Hall–Kier alpha value is -1.11. The maximum atomic E-state index is 10.3. The van der Waals surface area contributed by atoms with Gasteiger partial charge in [0.2, 0.25) is 0 Å². The zero-order chi connectivity index (χ0) is 23.4. The topological polar surface area (TPSA) is 69.2 Å².